The van der Waals surface area contributed by atoms with E-state index in [0.717, 1.165) is 25.3 Å². The molecule has 0 aliphatic heterocycles. The second kappa shape index (κ2) is 7.90. The maximum absolute atomic E-state index is 9.45. The molecule has 0 fully saturated rings. The number of rotatable bonds is 7. The molecule has 0 aromatic heterocycles. The minimum atomic E-state index is -0.174. The Hall–Kier alpha value is 0.270. The first-order valence-corrected chi connectivity index (χ1v) is 5.94. The van der Waals surface area contributed by atoms with Crippen LogP contribution in [0.3, 0.4) is 0 Å². The molecule has 0 aliphatic carbocycles. The average Bonchev–Trinajstić information content (AvgIpc) is 1.97. The molecule has 0 bridgehead atoms. The van der Waals surface area contributed by atoms with Crippen molar-refractivity contribution in [2.24, 2.45) is 5.92 Å². The van der Waals surface area contributed by atoms with Crippen LogP contribution in [0.2, 0.25) is 0 Å². The number of aliphatic hydroxyl groups is 1. The molecule has 0 radical (unpaired) electrons. The van der Waals surface area contributed by atoms with Crippen LogP contribution in [0.15, 0.2) is 0 Å². The van der Waals surface area contributed by atoms with Gasteiger partial charge in [-0.15, -0.1) is 0 Å². The van der Waals surface area contributed by atoms with Crippen molar-refractivity contribution in [3.05, 3.63) is 0 Å². The molecule has 1 atom stereocenters. The molecule has 2 nitrogen and oxygen atoms in total. The van der Waals surface area contributed by atoms with Crippen molar-refractivity contribution in [3.63, 3.8) is 0 Å². The van der Waals surface area contributed by atoms with E-state index in [1.165, 1.54) is 0 Å². The minimum Gasteiger partial charge on any atom is -0.392 e. The van der Waals surface area contributed by atoms with Crippen LogP contribution in [0.4, 0.5) is 0 Å². The molecule has 0 rings (SSSR count). The smallest absolute Gasteiger partial charge is 0.0667 e. The Morgan fingerprint density at radius 1 is 1.42 bits per heavy atom. The Morgan fingerprint density at radius 2 is 2.08 bits per heavy atom. The number of thioether (sulfide) groups is 1. The van der Waals surface area contributed by atoms with Gasteiger partial charge < -0.3 is 10.4 Å². The Balaban J connectivity index is 3.14. The zero-order chi connectivity index (χ0) is 9.40. The van der Waals surface area contributed by atoms with E-state index in [1.54, 1.807) is 0 Å². The third-order valence-corrected chi connectivity index (χ3v) is 2.22. The zero-order valence-electron chi connectivity index (χ0n) is 8.34. The molecular formula is C9H21NOS. The molecule has 0 amide bonds. The first kappa shape index (κ1) is 12.3. The largest absolute Gasteiger partial charge is 0.392 e. The Kier molecular flexibility index (Phi) is 8.07. The molecule has 0 saturated heterocycles. The standard InChI is InChI=1S/C9H21NOS/c1-8(2)6-9(11)7-10-4-5-12-3/h8-11H,4-7H2,1-3H3. The second-order valence-corrected chi connectivity index (χ2v) is 4.47. The van der Waals surface area contributed by atoms with Crippen LogP contribution < -0.4 is 5.32 Å². The summed E-state index contributed by atoms with van der Waals surface area (Å²) in [5, 5.41) is 12.7. The highest BCUT2D eigenvalue weighted by atomic mass is 32.2. The molecule has 1 unspecified atom stereocenters. The van der Waals surface area contributed by atoms with Crippen LogP contribution in [0.5, 0.6) is 0 Å². The summed E-state index contributed by atoms with van der Waals surface area (Å²) in [6.07, 6.45) is 2.81. The van der Waals surface area contributed by atoms with E-state index in [0.29, 0.717) is 5.92 Å². The number of hydrogen-bond acceptors (Lipinski definition) is 3. The summed E-state index contributed by atoms with van der Waals surface area (Å²) in [6.45, 7) is 5.99. The van der Waals surface area contributed by atoms with E-state index in [4.69, 9.17) is 0 Å². The summed E-state index contributed by atoms with van der Waals surface area (Å²) in [5.74, 6) is 1.70. The summed E-state index contributed by atoms with van der Waals surface area (Å²) in [7, 11) is 0. The Labute approximate surface area is 80.1 Å². The van der Waals surface area contributed by atoms with Crippen LogP contribution in [-0.4, -0.2) is 36.3 Å². The lowest BCUT2D eigenvalue weighted by Gasteiger charge is -2.13. The van der Waals surface area contributed by atoms with E-state index in [9.17, 15) is 5.11 Å². The van der Waals surface area contributed by atoms with E-state index in [2.05, 4.69) is 25.4 Å². The first-order valence-electron chi connectivity index (χ1n) is 4.54. The fraction of sp³-hybridized carbons (Fsp3) is 1.00. The van der Waals surface area contributed by atoms with Gasteiger partial charge in [-0.05, 0) is 18.6 Å². The zero-order valence-corrected chi connectivity index (χ0v) is 9.16. The van der Waals surface area contributed by atoms with Gasteiger partial charge in [0, 0.05) is 18.8 Å². The van der Waals surface area contributed by atoms with E-state index in [-0.39, 0.29) is 6.10 Å². The predicted molar refractivity (Wildman–Crippen MR) is 56.7 cm³/mol. The van der Waals surface area contributed by atoms with Crippen LogP contribution in [-0.2, 0) is 0 Å². The van der Waals surface area contributed by atoms with Gasteiger partial charge in [0.05, 0.1) is 6.10 Å². The van der Waals surface area contributed by atoms with Gasteiger partial charge in [0.25, 0.3) is 0 Å². The fourth-order valence-electron chi connectivity index (χ4n) is 1.07. The van der Waals surface area contributed by atoms with Gasteiger partial charge in [0.2, 0.25) is 0 Å². The van der Waals surface area contributed by atoms with Crippen molar-refractivity contribution < 1.29 is 5.11 Å². The van der Waals surface area contributed by atoms with Crippen molar-refractivity contribution in [1.82, 2.24) is 5.32 Å². The second-order valence-electron chi connectivity index (χ2n) is 3.48. The van der Waals surface area contributed by atoms with Gasteiger partial charge in [-0.3, -0.25) is 0 Å². The number of nitrogens with one attached hydrogen (secondary N) is 1. The van der Waals surface area contributed by atoms with Gasteiger partial charge in [0.15, 0.2) is 0 Å². The summed E-state index contributed by atoms with van der Waals surface area (Å²) in [5.41, 5.74) is 0. The van der Waals surface area contributed by atoms with Crippen molar-refractivity contribution in [2.75, 3.05) is 25.1 Å². The van der Waals surface area contributed by atoms with Crippen molar-refractivity contribution in [2.45, 2.75) is 26.4 Å². The van der Waals surface area contributed by atoms with Gasteiger partial charge in [-0.25, -0.2) is 0 Å². The van der Waals surface area contributed by atoms with E-state index in [1.807, 2.05) is 11.8 Å². The molecule has 0 aromatic carbocycles. The molecular weight excluding hydrogens is 170 g/mol. The highest BCUT2D eigenvalue weighted by Gasteiger charge is 2.05. The summed E-state index contributed by atoms with van der Waals surface area (Å²) in [6, 6.07) is 0. The van der Waals surface area contributed by atoms with Crippen molar-refractivity contribution in [1.29, 1.82) is 0 Å². The highest BCUT2D eigenvalue weighted by Crippen LogP contribution is 2.02. The average molecular weight is 191 g/mol. The molecule has 3 heteroatoms. The first-order chi connectivity index (χ1) is 5.66. The van der Waals surface area contributed by atoms with Crippen molar-refractivity contribution in [3.8, 4) is 0 Å². The maximum Gasteiger partial charge on any atom is 0.0667 e. The minimum absolute atomic E-state index is 0.174. The third kappa shape index (κ3) is 8.37. The quantitative estimate of drug-likeness (QED) is 0.596. The SMILES string of the molecule is CSCCNCC(O)CC(C)C. The normalized spacial score (nSPS) is 13.8. The molecule has 12 heavy (non-hydrogen) atoms. The fourth-order valence-corrected chi connectivity index (χ4v) is 1.42. The van der Waals surface area contributed by atoms with Gasteiger partial charge in [-0.1, -0.05) is 13.8 Å². The number of hydrogen-bond donors (Lipinski definition) is 2. The topological polar surface area (TPSA) is 32.3 Å². The van der Waals surface area contributed by atoms with Crippen LogP contribution in [0.1, 0.15) is 20.3 Å². The monoisotopic (exact) mass is 191 g/mol. The molecule has 2 N–H and O–H groups in total. The molecule has 74 valence electrons. The van der Waals surface area contributed by atoms with Crippen LogP contribution >= 0.6 is 11.8 Å². The van der Waals surface area contributed by atoms with Gasteiger partial charge in [-0.2, -0.15) is 11.8 Å². The molecule has 0 heterocycles. The van der Waals surface area contributed by atoms with Gasteiger partial charge in [0.1, 0.15) is 0 Å². The third-order valence-electron chi connectivity index (χ3n) is 1.61. The Bertz CT molecular complexity index is 98.5. The summed E-state index contributed by atoms with van der Waals surface area (Å²) >= 11 is 1.82. The van der Waals surface area contributed by atoms with E-state index >= 15 is 0 Å². The highest BCUT2D eigenvalue weighted by molar-refractivity contribution is 7.98. The molecule has 0 saturated carbocycles. The predicted octanol–water partition coefficient (Wildman–Crippen LogP) is 1.35. The van der Waals surface area contributed by atoms with Gasteiger partial charge >= 0.3 is 0 Å². The summed E-state index contributed by atoms with van der Waals surface area (Å²) in [4.78, 5) is 0. The lowest BCUT2D eigenvalue weighted by molar-refractivity contribution is 0.147. The number of aliphatic hydroxyl groups excluding tert-OH is 1. The van der Waals surface area contributed by atoms with E-state index < -0.39 is 0 Å². The van der Waals surface area contributed by atoms with Crippen LogP contribution in [0, 0.1) is 5.92 Å². The Morgan fingerprint density at radius 3 is 2.58 bits per heavy atom. The maximum atomic E-state index is 9.45. The molecule has 0 aliphatic rings. The lowest BCUT2D eigenvalue weighted by atomic mass is 10.1. The molecule has 0 aromatic rings. The molecule has 0 spiro atoms. The lowest BCUT2D eigenvalue weighted by Crippen LogP contribution is -2.29. The van der Waals surface area contributed by atoms with Crippen LogP contribution in [0.25, 0.3) is 0 Å². The summed E-state index contributed by atoms with van der Waals surface area (Å²) < 4.78 is 0. The van der Waals surface area contributed by atoms with Crippen molar-refractivity contribution >= 4 is 11.8 Å².